The van der Waals surface area contributed by atoms with E-state index in [4.69, 9.17) is 5.11 Å². The van der Waals surface area contributed by atoms with Gasteiger partial charge >= 0.3 is 12.1 Å². The van der Waals surface area contributed by atoms with Crippen LogP contribution in [0, 0.1) is 5.92 Å². The highest BCUT2D eigenvalue weighted by molar-refractivity contribution is 5.66. The molecule has 144 valence electrons. The minimum absolute atomic E-state index is 0.167. The molecular formula is C17H23F3N4O2. The first-order chi connectivity index (χ1) is 12.3. The molecule has 1 N–H and O–H groups in total. The van der Waals surface area contributed by atoms with Crippen molar-refractivity contribution in [2.75, 3.05) is 36.0 Å². The number of hydrogen-bond acceptors (Lipinski definition) is 5. The van der Waals surface area contributed by atoms with Gasteiger partial charge in [0.05, 0.1) is 0 Å². The fourth-order valence-corrected chi connectivity index (χ4v) is 3.41. The molecule has 2 fully saturated rings. The highest BCUT2D eigenvalue weighted by Crippen LogP contribution is 2.33. The molecule has 2 aliphatic rings. The van der Waals surface area contributed by atoms with E-state index in [1.165, 1.54) is 0 Å². The summed E-state index contributed by atoms with van der Waals surface area (Å²) in [6.45, 7) is 2.70. The summed E-state index contributed by atoms with van der Waals surface area (Å²) in [6, 6.07) is 1.65. The van der Waals surface area contributed by atoms with Crippen molar-refractivity contribution in [1.82, 2.24) is 9.97 Å². The van der Waals surface area contributed by atoms with Crippen molar-refractivity contribution < 1.29 is 23.1 Å². The van der Waals surface area contributed by atoms with Gasteiger partial charge in [0, 0.05) is 38.7 Å². The van der Waals surface area contributed by atoms with Gasteiger partial charge in [0.15, 0.2) is 0 Å². The van der Waals surface area contributed by atoms with Crippen molar-refractivity contribution in [3.05, 3.63) is 11.9 Å². The molecule has 0 aliphatic carbocycles. The summed E-state index contributed by atoms with van der Waals surface area (Å²) >= 11 is 0. The second-order valence-electron chi connectivity index (χ2n) is 6.96. The van der Waals surface area contributed by atoms with Gasteiger partial charge in [-0.1, -0.05) is 0 Å². The van der Waals surface area contributed by atoms with Gasteiger partial charge in [-0.05, 0) is 38.0 Å². The van der Waals surface area contributed by atoms with E-state index < -0.39 is 18.0 Å². The summed E-state index contributed by atoms with van der Waals surface area (Å²) in [7, 11) is 0. The largest absolute Gasteiger partial charge is 0.481 e. The first-order valence-corrected chi connectivity index (χ1v) is 9.01. The summed E-state index contributed by atoms with van der Waals surface area (Å²) in [5.41, 5.74) is 0. The molecule has 0 bridgehead atoms. The van der Waals surface area contributed by atoms with Crippen LogP contribution in [0.3, 0.4) is 0 Å². The number of carbonyl (C=O) groups is 1. The van der Waals surface area contributed by atoms with Crippen molar-refractivity contribution in [3.63, 3.8) is 0 Å². The van der Waals surface area contributed by atoms with Gasteiger partial charge in [0.1, 0.15) is 11.6 Å². The summed E-state index contributed by atoms with van der Waals surface area (Å²) in [5.74, 6) is -0.776. The molecule has 1 aromatic heterocycles. The maximum Gasteiger partial charge on any atom is 0.451 e. The fraction of sp³-hybridized carbons (Fsp3) is 0.706. The summed E-state index contributed by atoms with van der Waals surface area (Å²) in [5, 5.41) is 8.70. The number of piperidine rings is 1. The Morgan fingerprint density at radius 2 is 1.69 bits per heavy atom. The molecule has 2 saturated heterocycles. The third kappa shape index (κ3) is 4.56. The van der Waals surface area contributed by atoms with Crippen LogP contribution in [0.15, 0.2) is 6.07 Å². The Bertz CT molecular complexity index is 641. The van der Waals surface area contributed by atoms with Gasteiger partial charge in [0.2, 0.25) is 5.82 Å². The number of aromatic nitrogens is 2. The molecule has 26 heavy (non-hydrogen) atoms. The van der Waals surface area contributed by atoms with E-state index in [1.54, 1.807) is 6.07 Å². The van der Waals surface area contributed by atoms with Crippen molar-refractivity contribution >= 4 is 17.6 Å². The van der Waals surface area contributed by atoms with Crippen LogP contribution in [-0.4, -0.2) is 47.2 Å². The van der Waals surface area contributed by atoms with Gasteiger partial charge < -0.3 is 14.9 Å². The summed E-state index contributed by atoms with van der Waals surface area (Å²) in [4.78, 5) is 21.8. The van der Waals surface area contributed by atoms with Crippen molar-refractivity contribution in [2.45, 2.75) is 44.7 Å². The average molecular weight is 372 g/mol. The minimum atomic E-state index is -4.56. The van der Waals surface area contributed by atoms with Crippen LogP contribution >= 0.6 is 0 Å². The molecule has 3 rings (SSSR count). The number of aliphatic carboxylic acids is 1. The van der Waals surface area contributed by atoms with E-state index in [2.05, 4.69) is 9.97 Å². The number of alkyl halides is 3. The van der Waals surface area contributed by atoms with Crippen molar-refractivity contribution in [2.24, 2.45) is 5.92 Å². The van der Waals surface area contributed by atoms with E-state index in [9.17, 15) is 18.0 Å². The van der Waals surface area contributed by atoms with E-state index in [0.29, 0.717) is 37.1 Å². The highest BCUT2D eigenvalue weighted by Gasteiger charge is 2.37. The molecule has 0 spiro atoms. The van der Waals surface area contributed by atoms with Gasteiger partial charge in [-0.2, -0.15) is 13.2 Å². The Morgan fingerprint density at radius 1 is 1.12 bits per heavy atom. The number of hydrogen-bond donors (Lipinski definition) is 1. The third-order valence-corrected chi connectivity index (χ3v) is 5.07. The third-order valence-electron chi connectivity index (χ3n) is 5.07. The zero-order valence-corrected chi connectivity index (χ0v) is 14.5. The van der Waals surface area contributed by atoms with Crippen LogP contribution in [0.4, 0.5) is 24.8 Å². The lowest BCUT2D eigenvalue weighted by atomic mass is 9.91. The number of nitrogens with zero attached hydrogens (tertiary/aromatic N) is 4. The van der Waals surface area contributed by atoms with E-state index >= 15 is 0 Å². The van der Waals surface area contributed by atoms with E-state index in [-0.39, 0.29) is 6.42 Å². The van der Waals surface area contributed by atoms with Crippen LogP contribution < -0.4 is 9.80 Å². The van der Waals surface area contributed by atoms with Crippen LogP contribution in [0.25, 0.3) is 0 Å². The van der Waals surface area contributed by atoms with Crippen molar-refractivity contribution in [1.29, 1.82) is 0 Å². The Balaban J connectivity index is 1.66. The molecule has 1 aromatic rings. The Kier molecular flexibility index (Phi) is 5.52. The van der Waals surface area contributed by atoms with Crippen molar-refractivity contribution in [3.8, 4) is 0 Å². The fourth-order valence-electron chi connectivity index (χ4n) is 3.41. The molecule has 2 aliphatic heterocycles. The summed E-state index contributed by atoms with van der Waals surface area (Å²) in [6.07, 6.45) is -0.275. The number of carboxylic acid groups (broad SMARTS) is 1. The first kappa shape index (κ1) is 18.7. The van der Waals surface area contributed by atoms with E-state index in [0.717, 1.165) is 38.8 Å². The number of rotatable bonds is 6. The lowest BCUT2D eigenvalue weighted by Gasteiger charge is -2.35. The number of anilines is 2. The zero-order chi connectivity index (χ0) is 18.7. The van der Waals surface area contributed by atoms with Gasteiger partial charge in [-0.25, -0.2) is 9.97 Å². The second-order valence-corrected chi connectivity index (χ2v) is 6.96. The van der Waals surface area contributed by atoms with Gasteiger partial charge in [-0.3, -0.25) is 4.79 Å². The van der Waals surface area contributed by atoms with Crippen LogP contribution in [0.1, 0.15) is 44.3 Å². The van der Waals surface area contributed by atoms with E-state index in [1.807, 2.05) is 9.80 Å². The topological polar surface area (TPSA) is 69.6 Å². The Labute approximate surface area is 150 Å². The molecule has 0 saturated carbocycles. The molecule has 6 nitrogen and oxygen atoms in total. The normalized spacial score (nSPS) is 18.7. The van der Waals surface area contributed by atoms with Crippen LogP contribution in [-0.2, 0) is 11.0 Å². The molecular weight excluding hydrogens is 349 g/mol. The smallest absolute Gasteiger partial charge is 0.451 e. The zero-order valence-electron chi connectivity index (χ0n) is 14.5. The lowest BCUT2D eigenvalue weighted by Crippen LogP contribution is -2.39. The first-order valence-electron chi connectivity index (χ1n) is 9.01. The lowest BCUT2D eigenvalue weighted by molar-refractivity contribution is -0.144. The molecule has 0 aromatic carbocycles. The quantitative estimate of drug-likeness (QED) is 0.827. The summed E-state index contributed by atoms with van der Waals surface area (Å²) < 4.78 is 39.5. The molecule has 0 unspecified atom stereocenters. The molecule has 0 radical (unpaired) electrons. The van der Waals surface area contributed by atoms with Gasteiger partial charge in [-0.15, -0.1) is 0 Å². The molecule has 0 amide bonds. The monoisotopic (exact) mass is 372 g/mol. The van der Waals surface area contributed by atoms with Crippen LogP contribution in [0.2, 0.25) is 0 Å². The average Bonchev–Trinajstić information content (AvgIpc) is 2.52. The second kappa shape index (κ2) is 7.67. The standard InChI is InChI=1S/C17H23F3N4O2/c18-17(19,20)16-21-13(23-7-2-8-23)11-14(22-16)24-9-5-12(6-10-24)3-1-4-15(25)26/h11-12H,1-10H2,(H,25,26). The predicted octanol–water partition coefficient (Wildman–Crippen LogP) is 3.18. The maximum atomic E-state index is 13.2. The molecule has 3 heterocycles. The number of carboxylic acids is 1. The number of halogens is 3. The minimum Gasteiger partial charge on any atom is -0.481 e. The Hall–Kier alpha value is -2.06. The predicted molar refractivity (Wildman–Crippen MR) is 90.3 cm³/mol. The maximum absolute atomic E-state index is 13.2. The highest BCUT2D eigenvalue weighted by atomic mass is 19.4. The SMILES string of the molecule is O=C(O)CCCC1CCN(c2cc(N3CCC3)nc(C(F)(F)F)n2)CC1. The van der Waals surface area contributed by atoms with Gasteiger partial charge in [0.25, 0.3) is 0 Å². The Morgan fingerprint density at radius 3 is 2.15 bits per heavy atom. The molecule has 0 atom stereocenters. The molecule has 9 heteroatoms. The van der Waals surface area contributed by atoms with Crippen LogP contribution in [0.5, 0.6) is 0 Å².